The highest BCUT2D eigenvalue weighted by Gasteiger charge is 2.26. The second-order valence-corrected chi connectivity index (χ2v) is 10.4. The van der Waals surface area contributed by atoms with Gasteiger partial charge in [0.15, 0.2) is 0 Å². The van der Waals surface area contributed by atoms with Gasteiger partial charge in [0.05, 0.1) is 11.3 Å². The number of amides is 2. The standard InChI is InChI=1S/C25H38N4O3S/c1-16(2)15-29-18(4)19(17(3)28-29)11-12-22(30)27-25-23(24(31)26-13-8-14-32-5)20-9-6-7-10-21(20)33-25/h16H,6-15H2,1-5H3,(H,26,31)(H,27,30). The zero-order chi connectivity index (χ0) is 24.0. The maximum Gasteiger partial charge on any atom is 0.254 e. The smallest absolute Gasteiger partial charge is 0.254 e. The number of methoxy groups -OCH3 is 1. The van der Waals surface area contributed by atoms with Crippen molar-refractivity contribution in [2.45, 2.75) is 79.2 Å². The predicted octanol–water partition coefficient (Wildman–Crippen LogP) is 4.43. The van der Waals surface area contributed by atoms with E-state index >= 15 is 0 Å². The van der Waals surface area contributed by atoms with Crippen LogP contribution < -0.4 is 10.6 Å². The van der Waals surface area contributed by atoms with E-state index < -0.39 is 0 Å². The van der Waals surface area contributed by atoms with Crippen molar-refractivity contribution in [3.8, 4) is 0 Å². The van der Waals surface area contributed by atoms with Crippen LogP contribution in [0.25, 0.3) is 0 Å². The molecule has 8 heteroatoms. The summed E-state index contributed by atoms with van der Waals surface area (Å²) in [6.07, 6.45) is 5.87. The number of nitrogens with one attached hydrogen (secondary N) is 2. The van der Waals surface area contributed by atoms with Crippen molar-refractivity contribution in [2.24, 2.45) is 5.92 Å². The second kappa shape index (κ2) is 11.8. The molecular formula is C25H38N4O3S. The van der Waals surface area contributed by atoms with Gasteiger partial charge in [0, 0.05) is 43.8 Å². The first-order valence-electron chi connectivity index (χ1n) is 12.1. The van der Waals surface area contributed by atoms with Crippen LogP contribution in [0.3, 0.4) is 0 Å². The van der Waals surface area contributed by atoms with E-state index in [-0.39, 0.29) is 11.8 Å². The monoisotopic (exact) mass is 474 g/mol. The van der Waals surface area contributed by atoms with Gasteiger partial charge in [0.25, 0.3) is 5.91 Å². The first-order chi connectivity index (χ1) is 15.8. The average molecular weight is 475 g/mol. The maximum absolute atomic E-state index is 13.0. The molecule has 2 aromatic heterocycles. The lowest BCUT2D eigenvalue weighted by Gasteiger charge is -2.13. The molecule has 0 saturated heterocycles. The van der Waals surface area contributed by atoms with E-state index in [1.807, 2.05) is 11.6 Å². The molecule has 0 saturated carbocycles. The number of rotatable bonds is 11. The normalized spacial score (nSPS) is 13.3. The van der Waals surface area contributed by atoms with Gasteiger partial charge in [-0.3, -0.25) is 14.3 Å². The molecule has 2 aromatic rings. The third-order valence-corrected chi connectivity index (χ3v) is 7.34. The fourth-order valence-electron chi connectivity index (χ4n) is 4.45. The van der Waals surface area contributed by atoms with Gasteiger partial charge in [-0.1, -0.05) is 13.8 Å². The largest absolute Gasteiger partial charge is 0.385 e. The Morgan fingerprint density at radius 3 is 2.70 bits per heavy atom. The summed E-state index contributed by atoms with van der Waals surface area (Å²) in [7, 11) is 1.66. The fourth-order valence-corrected chi connectivity index (χ4v) is 5.75. The fraction of sp³-hybridized carbons (Fsp3) is 0.640. The molecule has 7 nitrogen and oxygen atoms in total. The van der Waals surface area contributed by atoms with Gasteiger partial charge in [-0.25, -0.2) is 0 Å². The molecule has 0 spiro atoms. The van der Waals surface area contributed by atoms with E-state index in [0.29, 0.717) is 42.5 Å². The zero-order valence-corrected chi connectivity index (χ0v) is 21.5. The molecule has 0 fully saturated rings. The Bertz CT molecular complexity index is 977. The first-order valence-corrected chi connectivity index (χ1v) is 12.9. The molecule has 2 heterocycles. The number of anilines is 1. The SMILES string of the molecule is COCCCNC(=O)c1c(NC(=O)CCc2c(C)nn(CC(C)C)c2C)sc2c1CCCC2. The van der Waals surface area contributed by atoms with Crippen molar-refractivity contribution < 1.29 is 14.3 Å². The summed E-state index contributed by atoms with van der Waals surface area (Å²) in [5, 5.41) is 11.4. The van der Waals surface area contributed by atoms with Crippen LogP contribution >= 0.6 is 11.3 Å². The lowest BCUT2D eigenvalue weighted by Crippen LogP contribution is -2.27. The molecule has 3 rings (SSSR count). The van der Waals surface area contributed by atoms with Gasteiger partial charge < -0.3 is 15.4 Å². The molecule has 33 heavy (non-hydrogen) atoms. The summed E-state index contributed by atoms with van der Waals surface area (Å²) < 4.78 is 7.12. The van der Waals surface area contributed by atoms with E-state index in [9.17, 15) is 9.59 Å². The number of hydrogen-bond acceptors (Lipinski definition) is 5. The number of aromatic nitrogens is 2. The zero-order valence-electron chi connectivity index (χ0n) is 20.7. The molecule has 2 amide bonds. The van der Waals surface area contributed by atoms with Gasteiger partial charge >= 0.3 is 0 Å². The topological polar surface area (TPSA) is 85.2 Å². The third-order valence-electron chi connectivity index (χ3n) is 6.13. The summed E-state index contributed by atoms with van der Waals surface area (Å²) in [5.41, 5.74) is 5.05. The van der Waals surface area contributed by atoms with Gasteiger partial charge in [-0.2, -0.15) is 5.10 Å². The summed E-state index contributed by atoms with van der Waals surface area (Å²) >= 11 is 1.57. The van der Waals surface area contributed by atoms with Gasteiger partial charge in [-0.15, -0.1) is 11.3 Å². The summed E-state index contributed by atoms with van der Waals surface area (Å²) in [4.78, 5) is 27.1. The van der Waals surface area contributed by atoms with Crippen LogP contribution in [0.2, 0.25) is 0 Å². The molecule has 0 unspecified atom stereocenters. The van der Waals surface area contributed by atoms with E-state index in [4.69, 9.17) is 4.74 Å². The highest BCUT2D eigenvalue weighted by atomic mass is 32.1. The first kappa shape index (κ1) is 25.4. The average Bonchev–Trinajstić information content (AvgIpc) is 3.25. The molecule has 0 radical (unpaired) electrons. The van der Waals surface area contributed by atoms with Crippen molar-refractivity contribution in [1.82, 2.24) is 15.1 Å². The number of thiophene rings is 1. The second-order valence-electron chi connectivity index (χ2n) is 9.29. The molecule has 182 valence electrons. The minimum absolute atomic E-state index is 0.0579. The van der Waals surface area contributed by atoms with Crippen molar-refractivity contribution >= 4 is 28.2 Å². The third kappa shape index (κ3) is 6.44. The molecule has 0 aliphatic heterocycles. The quantitative estimate of drug-likeness (QED) is 0.472. The Hall–Kier alpha value is -2.19. The predicted molar refractivity (Wildman–Crippen MR) is 133 cm³/mol. The van der Waals surface area contributed by atoms with E-state index in [0.717, 1.165) is 61.2 Å². The molecule has 1 aliphatic carbocycles. The molecule has 0 atom stereocenters. The van der Waals surface area contributed by atoms with E-state index in [1.165, 1.54) is 4.88 Å². The summed E-state index contributed by atoms with van der Waals surface area (Å²) in [6.45, 7) is 10.5. The van der Waals surface area contributed by atoms with Crippen LogP contribution in [0.5, 0.6) is 0 Å². The number of fused-ring (bicyclic) bond motifs is 1. The molecule has 1 aliphatic rings. The number of carbonyl (C=O) groups excluding carboxylic acids is 2. The maximum atomic E-state index is 13.0. The van der Waals surface area contributed by atoms with Crippen LogP contribution in [0.4, 0.5) is 5.00 Å². The number of nitrogens with zero attached hydrogens (tertiary/aromatic N) is 2. The van der Waals surface area contributed by atoms with E-state index in [2.05, 4.69) is 36.5 Å². The minimum atomic E-state index is -0.0950. The van der Waals surface area contributed by atoms with Crippen LogP contribution in [0.15, 0.2) is 0 Å². The Balaban J connectivity index is 1.69. The molecule has 0 bridgehead atoms. The van der Waals surface area contributed by atoms with Gasteiger partial charge in [-0.05, 0) is 69.4 Å². The summed E-state index contributed by atoms with van der Waals surface area (Å²) in [6, 6.07) is 0. The number of carbonyl (C=O) groups is 2. The van der Waals surface area contributed by atoms with Gasteiger partial charge in [0.2, 0.25) is 5.91 Å². The minimum Gasteiger partial charge on any atom is -0.385 e. The number of aryl methyl sites for hydroxylation is 2. The van der Waals surface area contributed by atoms with Gasteiger partial charge in [0.1, 0.15) is 5.00 Å². The van der Waals surface area contributed by atoms with Crippen LogP contribution in [0.1, 0.15) is 77.3 Å². The van der Waals surface area contributed by atoms with Crippen molar-refractivity contribution in [3.63, 3.8) is 0 Å². The summed E-state index contributed by atoms with van der Waals surface area (Å²) in [5.74, 6) is 0.364. The van der Waals surface area contributed by atoms with Crippen LogP contribution in [0, 0.1) is 19.8 Å². The Kier molecular flexibility index (Phi) is 9.09. The highest BCUT2D eigenvalue weighted by Crippen LogP contribution is 2.38. The molecule has 2 N–H and O–H groups in total. The Morgan fingerprint density at radius 2 is 1.97 bits per heavy atom. The van der Waals surface area contributed by atoms with Crippen molar-refractivity contribution in [1.29, 1.82) is 0 Å². The number of hydrogen-bond donors (Lipinski definition) is 2. The lowest BCUT2D eigenvalue weighted by atomic mass is 9.95. The Morgan fingerprint density at radius 1 is 1.21 bits per heavy atom. The Labute approximate surface area is 201 Å². The number of ether oxygens (including phenoxy) is 1. The van der Waals surface area contributed by atoms with Crippen molar-refractivity contribution in [2.75, 3.05) is 25.6 Å². The van der Waals surface area contributed by atoms with E-state index in [1.54, 1.807) is 18.4 Å². The van der Waals surface area contributed by atoms with Crippen molar-refractivity contribution in [3.05, 3.63) is 33.0 Å². The van der Waals surface area contributed by atoms with Crippen LogP contribution in [-0.2, 0) is 35.3 Å². The molecule has 0 aromatic carbocycles. The highest BCUT2D eigenvalue weighted by molar-refractivity contribution is 7.17. The lowest BCUT2D eigenvalue weighted by molar-refractivity contribution is -0.116. The van der Waals surface area contributed by atoms with Crippen LogP contribution in [-0.4, -0.2) is 41.9 Å². The molecular weight excluding hydrogens is 436 g/mol.